The molecule has 196 valence electrons. The van der Waals surface area contributed by atoms with Crippen LogP contribution in [0.5, 0.6) is 0 Å². The fraction of sp³-hybridized carbons (Fsp3) is 0.207. The van der Waals surface area contributed by atoms with Gasteiger partial charge in [-0.1, -0.05) is 49.4 Å². The average Bonchev–Trinajstić information content (AvgIpc) is 3.16. The number of nitrogens with zero attached hydrogens (tertiary/aromatic N) is 5. The summed E-state index contributed by atoms with van der Waals surface area (Å²) in [4.78, 5) is 30.2. The molecular weight excluding hydrogens is 510 g/mol. The molecule has 2 aromatic carbocycles. The van der Waals surface area contributed by atoms with Gasteiger partial charge in [0.05, 0.1) is 16.9 Å². The number of benzene rings is 2. The van der Waals surface area contributed by atoms with E-state index in [2.05, 4.69) is 22.4 Å². The zero-order valence-electron chi connectivity index (χ0n) is 21.9. The molecule has 0 aliphatic heterocycles. The first kappa shape index (κ1) is 27.2. The molecule has 4 aromatic rings. The van der Waals surface area contributed by atoms with Crippen LogP contribution in [0, 0.1) is 29.6 Å². The highest BCUT2D eigenvalue weighted by molar-refractivity contribution is 7.99. The second-order valence-electron chi connectivity index (χ2n) is 8.78. The molecule has 1 amide bonds. The van der Waals surface area contributed by atoms with Crippen molar-refractivity contribution in [2.45, 2.75) is 31.7 Å². The molecule has 2 heterocycles. The minimum absolute atomic E-state index is 0.0272. The van der Waals surface area contributed by atoms with E-state index >= 15 is 0 Å². The predicted molar refractivity (Wildman–Crippen MR) is 153 cm³/mol. The number of anilines is 2. The quantitative estimate of drug-likeness (QED) is 0.314. The molecule has 39 heavy (non-hydrogen) atoms. The number of para-hydroxylation sites is 1. The van der Waals surface area contributed by atoms with Crippen LogP contribution in [0.2, 0.25) is 0 Å². The van der Waals surface area contributed by atoms with Gasteiger partial charge >= 0.3 is 0 Å². The molecule has 0 aliphatic rings. The van der Waals surface area contributed by atoms with E-state index < -0.39 is 0 Å². The number of aryl methyl sites for hydroxylation is 1. The van der Waals surface area contributed by atoms with Crippen LogP contribution in [-0.2, 0) is 18.3 Å². The van der Waals surface area contributed by atoms with E-state index in [4.69, 9.17) is 5.73 Å². The van der Waals surface area contributed by atoms with Crippen LogP contribution < -0.4 is 16.6 Å². The third kappa shape index (κ3) is 5.42. The standard InChI is InChI=1S/C29H27N7O2S/c1-4-19-10-12-20(13-11-19)25-22(16-30)27(32)34-28(23(25)17-31)39-15-14-24(37)33-26-18(2)35(3)36(29(26)38)21-8-6-5-7-9-21/h5-13H,4,14-15H2,1-3H3,(H2,32,34)(H,33,37). The molecule has 4 rings (SSSR count). The van der Waals surface area contributed by atoms with Crippen LogP contribution in [-0.4, -0.2) is 26.0 Å². The summed E-state index contributed by atoms with van der Waals surface area (Å²) in [5, 5.41) is 22.8. The number of carbonyl (C=O) groups excluding carboxylic acids is 1. The Morgan fingerprint density at radius 3 is 2.36 bits per heavy atom. The van der Waals surface area contributed by atoms with Crippen LogP contribution in [0.3, 0.4) is 0 Å². The lowest BCUT2D eigenvalue weighted by Crippen LogP contribution is -2.23. The molecule has 0 atom stereocenters. The molecule has 0 aliphatic carbocycles. The number of hydrogen-bond donors (Lipinski definition) is 2. The summed E-state index contributed by atoms with van der Waals surface area (Å²) in [6.45, 7) is 3.81. The van der Waals surface area contributed by atoms with Gasteiger partial charge in [-0.2, -0.15) is 10.5 Å². The van der Waals surface area contributed by atoms with E-state index in [1.807, 2.05) is 61.5 Å². The van der Waals surface area contributed by atoms with E-state index in [-0.39, 0.29) is 46.3 Å². The first-order valence-corrected chi connectivity index (χ1v) is 13.3. The lowest BCUT2D eigenvalue weighted by molar-refractivity contribution is -0.115. The van der Waals surface area contributed by atoms with Crippen molar-refractivity contribution in [1.29, 1.82) is 10.5 Å². The van der Waals surface area contributed by atoms with Crippen LogP contribution in [0.25, 0.3) is 16.8 Å². The second-order valence-corrected chi connectivity index (χ2v) is 9.87. The number of amides is 1. The fourth-order valence-corrected chi connectivity index (χ4v) is 5.19. The van der Waals surface area contributed by atoms with Crippen molar-refractivity contribution in [3.8, 4) is 29.0 Å². The van der Waals surface area contributed by atoms with Crippen LogP contribution in [0.4, 0.5) is 11.5 Å². The summed E-state index contributed by atoms with van der Waals surface area (Å²) in [5.74, 6) is -0.0327. The summed E-state index contributed by atoms with van der Waals surface area (Å²) in [6.07, 6.45) is 0.928. The van der Waals surface area contributed by atoms with Crippen molar-refractivity contribution in [3.63, 3.8) is 0 Å². The van der Waals surface area contributed by atoms with E-state index in [1.165, 1.54) is 16.4 Å². The lowest BCUT2D eigenvalue weighted by atomic mass is 9.96. The molecule has 9 nitrogen and oxygen atoms in total. The number of pyridine rings is 1. The monoisotopic (exact) mass is 537 g/mol. The van der Waals surface area contributed by atoms with E-state index in [0.29, 0.717) is 27.5 Å². The van der Waals surface area contributed by atoms with E-state index in [9.17, 15) is 20.1 Å². The minimum Gasteiger partial charge on any atom is -0.383 e. The van der Waals surface area contributed by atoms with E-state index in [0.717, 1.165) is 12.0 Å². The third-order valence-corrected chi connectivity index (χ3v) is 7.43. The molecule has 2 aromatic heterocycles. The van der Waals surface area contributed by atoms with Gasteiger partial charge in [0.1, 0.15) is 34.2 Å². The molecular formula is C29H27N7O2S. The highest BCUT2D eigenvalue weighted by Gasteiger charge is 2.22. The van der Waals surface area contributed by atoms with Crippen LogP contribution >= 0.6 is 11.8 Å². The Morgan fingerprint density at radius 1 is 1.08 bits per heavy atom. The normalized spacial score (nSPS) is 10.6. The molecule has 0 radical (unpaired) electrons. The van der Waals surface area contributed by atoms with Crippen molar-refractivity contribution in [3.05, 3.63) is 87.3 Å². The SMILES string of the molecule is CCc1ccc(-c2c(C#N)c(N)nc(SCCC(=O)Nc3c(C)n(C)n(-c4ccccc4)c3=O)c2C#N)cc1. The summed E-state index contributed by atoms with van der Waals surface area (Å²) in [6, 6.07) is 21.0. The maximum absolute atomic E-state index is 13.1. The number of rotatable bonds is 8. The first-order chi connectivity index (χ1) is 18.8. The third-order valence-electron chi connectivity index (χ3n) is 6.45. The summed E-state index contributed by atoms with van der Waals surface area (Å²) in [5.41, 5.74) is 9.95. The number of hydrogen-bond acceptors (Lipinski definition) is 7. The van der Waals surface area contributed by atoms with Crippen molar-refractivity contribution >= 4 is 29.2 Å². The number of nitrogens with one attached hydrogen (secondary N) is 1. The zero-order chi connectivity index (χ0) is 28.1. The van der Waals surface area contributed by atoms with Gasteiger partial charge in [0.25, 0.3) is 5.56 Å². The lowest BCUT2D eigenvalue weighted by Gasteiger charge is -2.13. The summed E-state index contributed by atoms with van der Waals surface area (Å²) < 4.78 is 3.19. The molecule has 0 saturated heterocycles. The van der Waals surface area contributed by atoms with Gasteiger partial charge in [0, 0.05) is 24.8 Å². The molecule has 10 heteroatoms. The smallest absolute Gasteiger partial charge is 0.295 e. The Morgan fingerprint density at radius 2 is 1.74 bits per heavy atom. The molecule has 0 saturated carbocycles. The van der Waals surface area contributed by atoms with Gasteiger partial charge < -0.3 is 11.1 Å². The Kier molecular flexibility index (Phi) is 8.18. The number of nitrogens with two attached hydrogens (primary N) is 1. The van der Waals surface area contributed by atoms with Crippen molar-refractivity contribution in [2.24, 2.45) is 7.05 Å². The van der Waals surface area contributed by atoms with Gasteiger partial charge in [-0.3, -0.25) is 14.3 Å². The maximum Gasteiger partial charge on any atom is 0.295 e. The topological polar surface area (TPSA) is 143 Å². The number of thioether (sulfide) groups is 1. The van der Waals surface area contributed by atoms with Gasteiger partial charge in [-0.25, -0.2) is 9.67 Å². The Labute approximate surface area is 230 Å². The largest absolute Gasteiger partial charge is 0.383 e. The highest BCUT2D eigenvalue weighted by Crippen LogP contribution is 2.36. The number of nitrogen functional groups attached to an aromatic ring is 1. The summed E-state index contributed by atoms with van der Waals surface area (Å²) in [7, 11) is 1.76. The Hall–Kier alpha value is -4.80. The van der Waals surface area contributed by atoms with Crippen LogP contribution in [0.1, 0.15) is 35.7 Å². The van der Waals surface area contributed by atoms with Crippen molar-refractivity contribution in [2.75, 3.05) is 16.8 Å². The van der Waals surface area contributed by atoms with Gasteiger partial charge in [0.15, 0.2) is 0 Å². The van der Waals surface area contributed by atoms with Crippen molar-refractivity contribution < 1.29 is 4.79 Å². The predicted octanol–water partition coefficient (Wildman–Crippen LogP) is 4.56. The van der Waals surface area contributed by atoms with Gasteiger partial charge in [-0.15, -0.1) is 11.8 Å². The molecule has 3 N–H and O–H groups in total. The number of aromatic nitrogens is 3. The number of nitriles is 2. The van der Waals surface area contributed by atoms with E-state index in [1.54, 1.807) is 18.7 Å². The first-order valence-electron chi connectivity index (χ1n) is 12.3. The molecule has 0 unspecified atom stereocenters. The maximum atomic E-state index is 13.1. The molecule has 0 bridgehead atoms. The van der Waals surface area contributed by atoms with Gasteiger partial charge in [0.2, 0.25) is 5.91 Å². The second kappa shape index (κ2) is 11.7. The van der Waals surface area contributed by atoms with Crippen LogP contribution in [0.15, 0.2) is 64.4 Å². The van der Waals surface area contributed by atoms with Crippen molar-refractivity contribution in [1.82, 2.24) is 14.3 Å². The highest BCUT2D eigenvalue weighted by atomic mass is 32.2. The van der Waals surface area contributed by atoms with Gasteiger partial charge in [-0.05, 0) is 36.6 Å². The number of carbonyl (C=O) groups is 1. The zero-order valence-corrected chi connectivity index (χ0v) is 22.7. The fourth-order valence-electron chi connectivity index (χ4n) is 4.25. The Bertz CT molecular complexity index is 1670. The molecule has 0 fully saturated rings. The Balaban J connectivity index is 1.54. The molecule has 0 spiro atoms. The average molecular weight is 538 g/mol. The summed E-state index contributed by atoms with van der Waals surface area (Å²) >= 11 is 1.20. The minimum atomic E-state index is -0.344.